The molecule has 3 rings (SSSR count). The Hall–Kier alpha value is -1.48. The minimum absolute atomic E-state index is 0.142. The van der Waals surface area contributed by atoms with Gasteiger partial charge in [-0.3, -0.25) is 0 Å². The maximum atomic E-state index is 14.2. The fourth-order valence-electron chi connectivity index (χ4n) is 2.94. The van der Waals surface area contributed by atoms with Crippen molar-refractivity contribution in [3.8, 4) is 6.07 Å². The summed E-state index contributed by atoms with van der Waals surface area (Å²) >= 11 is 0. The summed E-state index contributed by atoms with van der Waals surface area (Å²) in [5, 5.41) is 8.98. The molecule has 2 aliphatic heterocycles. The van der Waals surface area contributed by atoms with E-state index in [9.17, 15) is 4.39 Å². The SMILES string of the molecule is CC1CC2CONC2(c2cc(C#N)ccc2F)CO1. The molecule has 5 heteroatoms. The van der Waals surface area contributed by atoms with Crippen molar-refractivity contribution in [2.45, 2.75) is 25.0 Å². The van der Waals surface area contributed by atoms with Gasteiger partial charge in [0, 0.05) is 11.5 Å². The Kier molecular flexibility index (Phi) is 3.02. The molecule has 0 radical (unpaired) electrons. The molecular formula is C14H15FN2O2. The Morgan fingerprint density at radius 1 is 1.53 bits per heavy atom. The van der Waals surface area contributed by atoms with Gasteiger partial charge in [-0.1, -0.05) is 0 Å². The van der Waals surface area contributed by atoms with E-state index in [0.29, 0.717) is 24.3 Å². The molecule has 0 aliphatic carbocycles. The van der Waals surface area contributed by atoms with Crippen molar-refractivity contribution in [1.82, 2.24) is 5.48 Å². The highest BCUT2D eigenvalue weighted by atomic mass is 19.1. The van der Waals surface area contributed by atoms with Crippen molar-refractivity contribution < 1.29 is 14.0 Å². The molecule has 0 spiro atoms. The van der Waals surface area contributed by atoms with Crippen LogP contribution in [0.2, 0.25) is 0 Å². The minimum atomic E-state index is -0.677. The van der Waals surface area contributed by atoms with Crippen molar-refractivity contribution in [2.24, 2.45) is 5.92 Å². The van der Waals surface area contributed by atoms with E-state index in [-0.39, 0.29) is 17.8 Å². The number of fused-ring (bicyclic) bond motifs is 1. The van der Waals surface area contributed by atoms with Crippen LogP contribution in [0, 0.1) is 23.1 Å². The topological polar surface area (TPSA) is 54.3 Å². The number of hydrogen-bond donors (Lipinski definition) is 1. The molecule has 1 aromatic rings. The first kappa shape index (κ1) is 12.5. The van der Waals surface area contributed by atoms with E-state index >= 15 is 0 Å². The Morgan fingerprint density at radius 3 is 3.16 bits per heavy atom. The molecule has 100 valence electrons. The van der Waals surface area contributed by atoms with Crippen molar-refractivity contribution in [2.75, 3.05) is 13.2 Å². The van der Waals surface area contributed by atoms with Gasteiger partial charge < -0.3 is 9.57 Å². The van der Waals surface area contributed by atoms with Crippen LogP contribution < -0.4 is 5.48 Å². The molecule has 3 atom stereocenters. The first-order valence-corrected chi connectivity index (χ1v) is 6.36. The van der Waals surface area contributed by atoms with Gasteiger partial charge in [0.05, 0.1) is 36.5 Å². The molecule has 2 fully saturated rings. The lowest BCUT2D eigenvalue weighted by Gasteiger charge is -2.40. The highest BCUT2D eigenvalue weighted by Crippen LogP contribution is 2.42. The summed E-state index contributed by atoms with van der Waals surface area (Å²) in [5.41, 5.74) is 3.15. The Bertz CT molecular complexity index is 543. The van der Waals surface area contributed by atoms with Crippen LogP contribution in [0.25, 0.3) is 0 Å². The van der Waals surface area contributed by atoms with Gasteiger partial charge in [0.2, 0.25) is 0 Å². The fourth-order valence-corrected chi connectivity index (χ4v) is 2.94. The second kappa shape index (κ2) is 4.57. The Morgan fingerprint density at radius 2 is 2.37 bits per heavy atom. The minimum Gasteiger partial charge on any atom is -0.376 e. The number of nitriles is 1. The summed E-state index contributed by atoms with van der Waals surface area (Å²) in [5.74, 6) is -0.181. The van der Waals surface area contributed by atoms with Crippen molar-refractivity contribution in [3.63, 3.8) is 0 Å². The van der Waals surface area contributed by atoms with Crippen molar-refractivity contribution in [3.05, 3.63) is 35.1 Å². The molecule has 0 aromatic heterocycles. The fraction of sp³-hybridized carbons (Fsp3) is 0.500. The molecule has 4 nitrogen and oxygen atoms in total. The van der Waals surface area contributed by atoms with E-state index in [1.165, 1.54) is 12.1 Å². The number of ether oxygens (including phenoxy) is 1. The van der Waals surface area contributed by atoms with Gasteiger partial charge in [0.15, 0.2) is 0 Å². The highest BCUT2D eigenvalue weighted by molar-refractivity contribution is 5.38. The molecule has 0 bridgehead atoms. The number of rotatable bonds is 1. The zero-order valence-corrected chi connectivity index (χ0v) is 10.6. The second-order valence-electron chi connectivity index (χ2n) is 5.25. The van der Waals surface area contributed by atoms with Crippen LogP contribution in [-0.2, 0) is 15.1 Å². The summed E-state index contributed by atoms with van der Waals surface area (Å²) in [6.45, 7) is 2.89. The molecule has 2 heterocycles. The molecular weight excluding hydrogens is 247 g/mol. The molecule has 19 heavy (non-hydrogen) atoms. The summed E-state index contributed by atoms with van der Waals surface area (Å²) in [4.78, 5) is 5.35. The lowest BCUT2D eigenvalue weighted by Crippen LogP contribution is -2.51. The average Bonchev–Trinajstić information content (AvgIpc) is 2.83. The van der Waals surface area contributed by atoms with Crippen LogP contribution in [0.3, 0.4) is 0 Å². The average molecular weight is 262 g/mol. The third-order valence-corrected chi connectivity index (χ3v) is 4.02. The maximum Gasteiger partial charge on any atom is 0.128 e. The molecule has 0 saturated carbocycles. The second-order valence-corrected chi connectivity index (χ2v) is 5.25. The number of halogens is 1. The molecule has 0 amide bonds. The molecule has 3 unspecified atom stereocenters. The summed E-state index contributed by atoms with van der Waals surface area (Å²) in [6.07, 6.45) is 0.951. The Balaban J connectivity index is 2.06. The third-order valence-electron chi connectivity index (χ3n) is 4.02. The van der Waals surface area contributed by atoms with Gasteiger partial charge in [-0.25, -0.2) is 4.39 Å². The largest absolute Gasteiger partial charge is 0.376 e. The quantitative estimate of drug-likeness (QED) is 0.839. The summed E-state index contributed by atoms with van der Waals surface area (Å²) in [7, 11) is 0. The van der Waals surface area contributed by atoms with Crippen molar-refractivity contribution >= 4 is 0 Å². The van der Waals surface area contributed by atoms with Crippen LogP contribution in [0.15, 0.2) is 18.2 Å². The van der Waals surface area contributed by atoms with Gasteiger partial charge in [0.25, 0.3) is 0 Å². The molecule has 1 N–H and O–H groups in total. The predicted octanol–water partition coefficient (Wildman–Crippen LogP) is 1.85. The van der Waals surface area contributed by atoms with Crippen LogP contribution in [0.4, 0.5) is 4.39 Å². The molecule has 1 aromatic carbocycles. The van der Waals surface area contributed by atoms with Crippen LogP contribution >= 0.6 is 0 Å². The number of benzene rings is 1. The van der Waals surface area contributed by atoms with E-state index in [0.717, 1.165) is 6.42 Å². The number of nitrogens with one attached hydrogen (secondary N) is 1. The number of hydrogen-bond acceptors (Lipinski definition) is 4. The smallest absolute Gasteiger partial charge is 0.128 e. The van der Waals surface area contributed by atoms with Crippen molar-refractivity contribution in [1.29, 1.82) is 5.26 Å². The van der Waals surface area contributed by atoms with E-state index in [2.05, 4.69) is 5.48 Å². The zero-order valence-electron chi connectivity index (χ0n) is 10.6. The predicted molar refractivity (Wildman–Crippen MR) is 65.4 cm³/mol. The molecule has 2 aliphatic rings. The van der Waals surface area contributed by atoms with Gasteiger partial charge in [-0.15, -0.1) is 0 Å². The maximum absolute atomic E-state index is 14.2. The van der Waals surface area contributed by atoms with E-state index in [4.69, 9.17) is 14.8 Å². The standard InChI is InChI=1S/C14H15FN2O2/c1-9-4-11-7-19-17-14(11,8-18-9)12-5-10(6-16)2-3-13(12)15/h2-3,5,9,11,17H,4,7-8H2,1H3. The van der Waals surface area contributed by atoms with Gasteiger partial charge in [-0.2, -0.15) is 10.7 Å². The highest BCUT2D eigenvalue weighted by Gasteiger charge is 2.50. The lowest BCUT2D eigenvalue weighted by atomic mass is 9.75. The summed E-state index contributed by atoms with van der Waals surface area (Å²) in [6, 6.07) is 6.44. The van der Waals surface area contributed by atoms with Gasteiger partial charge >= 0.3 is 0 Å². The van der Waals surface area contributed by atoms with Gasteiger partial charge in [-0.05, 0) is 31.5 Å². The van der Waals surface area contributed by atoms with Crippen LogP contribution in [0.1, 0.15) is 24.5 Å². The summed E-state index contributed by atoms with van der Waals surface area (Å²) < 4.78 is 19.8. The third kappa shape index (κ3) is 1.93. The Labute approximate surface area is 111 Å². The first-order chi connectivity index (χ1) is 9.15. The van der Waals surface area contributed by atoms with E-state index < -0.39 is 5.54 Å². The van der Waals surface area contributed by atoms with Crippen LogP contribution in [0.5, 0.6) is 0 Å². The molecule has 2 saturated heterocycles. The van der Waals surface area contributed by atoms with Gasteiger partial charge in [0.1, 0.15) is 5.82 Å². The first-order valence-electron chi connectivity index (χ1n) is 6.36. The normalized spacial score (nSPS) is 33.7. The number of nitrogens with zero attached hydrogens (tertiary/aromatic N) is 1. The van der Waals surface area contributed by atoms with E-state index in [1.807, 2.05) is 13.0 Å². The lowest BCUT2D eigenvalue weighted by molar-refractivity contribution is -0.0615. The zero-order chi connectivity index (χ0) is 13.5. The monoisotopic (exact) mass is 262 g/mol. The number of hydroxylamine groups is 1. The van der Waals surface area contributed by atoms with Crippen LogP contribution in [-0.4, -0.2) is 19.3 Å². The van der Waals surface area contributed by atoms with E-state index in [1.54, 1.807) is 6.07 Å².